The molecular formula is C20H31N5O4S. The highest BCUT2D eigenvalue weighted by molar-refractivity contribution is 7.86. The molecule has 1 aromatic rings. The van der Waals surface area contributed by atoms with Crippen molar-refractivity contribution in [2.75, 3.05) is 20.1 Å². The minimum Gasteiger partial charge on any atom is -0.360 e. The standard InChI is InChI=1S/C20H31N5O4S/c1-24(15-6-8-21-9-7-15)30(27,28)25-16-4-5-17(25)11-14(10-16)22-20(26)18-12-19(29-23-18)13-2-3-13/h12-17,21H,2-11H2,1H3,(H,22,26)/t14?,16-,17+. The van der Waals surface area contributed by atoms with Gasteiger partial charge in [-0.15, -0.1) is 0 Å². The Kier molecular flexibility index (Phi) is 5.37. The van der Waals surface area contributed by atoms with Gasteiger partial charge in [0.2, 0.25) is 0 Å². The fourth-order valence-corrected chi connectivity index (χ4v) is 7.37. The monoisotopic (exact) mass is 437 g/mol. The maximum absolute atomic E-state index is 13.4. The molecule has 3 aliphatic heterocycles. The van der Waals surface area contributed by atoms with E-state index in [9.17, 15) is 13.2 Å². The van der Waals surface area contributed by atoms with E-state index in [0.717, 1.165) is 57.4 Å². The third-order valence-electron chi connectivity index (χ3n) is 7.20. The van der Waals surface area contributed by atoms with Crippen molar-refractivity contribution in [3.05, 3.63) is 17.5 Å². The lowest BCUT2D eigenvalue weighted by Gasteiger charge is -2.42. The van der Waals surface area contributed by atoms with Crippen LogP contribution in [0.5, 0.6) is 0 Å². The fourth-order valence-electron chi connectivity index (χ4n) is 5.35. The molecule has 4 heterocycles. The van der Waals surface area contributed by atoms with Crippen molar-refractivity contribution in [1.82, 2.24) is 24.4 Å². The molecule has 0 aromatic carbocycles. The Morgan fingerprint density at radius 1 is 1.17 bits per heavy atom. The van der Waals surface area contributed by atoms with E-state index >= 15 is 0 Å². The Morgan fingerprint density at radius 2 is 1.83 bits per heavy atom. The van der Waals surface area contributed by atoms with Crippen molar-refractivity contribution in [2.24, 2.45) is 0 Å². The molecule has 3 saturated heterocycles. The zero-order valence-electron chi connectivity index (χ0n) is 17.4. The summed E-state index contributed by atoms with van der Waals surface area (Å²) < 4.78 is 35.4. The van der Waals surface area contributed by atoms with E-state index < -0.39 is 10.2 Å². The van der Waals surface area contributed by atoms with Crippen molar-refractivity contribution >= 4 is 16.1 Å². The molecule has 5 rings (SSSR count). The van der Waals surface area contributed by atoms with Crippen LogP contribution in [0.15, 0.2) is 10.6 Å². The van der Waals surface area contributed by atoms with Gasteiger partial charge in [-0.3, -0.25) is 4.79 Å². The van der Waals surface area contributed by atoms with Gasteiger partial charge in [0.25, 0.3) is 16.1 Å². The molecule has 30 heavy (non-hydrogen) atoms. The molecule has 4 fully saturated rings. The first kappa shape index (κ1) is 20.4. The lowest BCUT2D eigenvalue weighted by molar-refractivity contribution is 0.0897. The highest BCUT2D eigenvalue weighted by Crippen LogP contribution is 2.41. The van der Waals surface area contributed by atoms with Crippen LogP contribution in [0.4, 0.5) is 0 Å². The molecule has 10 heteroatoms. The Labute approximate surface area is 177 Å². The van der Waals surface area contributed by atoms with Gasteiger partial charge >= 0.3 is 0 Å². The summed E-state index contributed by atoms with van der Waals surface area (Å²) in [4.78, 5) is 12.6. The van der Waals surface area contributed by atoms with Crippen molar-refractivity contribution < 1.29 is 17.7 Å². The average Bonchev–Trinajstić information content (AvgIpc) is 3.40. The first-order valence-corrected chi connectivity index (χ1v) is 12.6. The lowest BCUT2D eigenvalue weighted by Crippen LogP contribution is -2.57. The van der Waals surface area contributed by atoms with Crippen LogP contribution in [0.3, 0.4) is 0 Å². The van der Waals surface area contributed by atoms with Crippen LogP contribution >= 0.6 is 0 Å². The van der Waals surface area contributed by atoms with Gasteiger partial charge in [-0.1, -0.05) is 5.16 Å². The number of nitrogens with zero attached hydrogens (tertiary/aromatic N) is 3. The van der Waals surface area contributed by atoms with Crippen molar-refractivity contribution in [3.8, 4) is 0 Å². The summed E-state index contributed by atoms with van der Waals surface area (Å²) in [6.45, 7) is 1.71. The molecule has 166 valence electrons. The molecule has 1 aliphatic carbocycles. The van der Waals surface area contributed by atoms with Gasteiger partial charge in [0.1, 0.15) is 5.76 Å². The van der Waals surface area contributed by atoms with Gasteiger partial charge in [-0.2, -0.15) is 17.0 Å². The van der Waals surface area contributed by atoms with E-state index in [-0.39, 0.29) is 30.1 Å². The van der Waals surface area contributed by atoms with Crippen LogP contribution in [0.1, 0.15) is 73.5 Å². The third-order valence-corrected chi connectivity index (χ3v) is 9.35. The molecule has 2 bridgehead atoms. The number of rotatable bonds is 6. The van der Waals surface area contributed by atoms with E-state index in [1.54, 1.807) is 21.7 Å². The number of hydrogen-bond acceptors (Lipinski definition) is 6. The van der Waals surface area contributed by atoms with E-state index in [4.69, 9.17) is 4.52 Å². The third kappa shape index (κ3) is 3.79. The number of fused-ring (bicyclic) bond motifs is 2. The van der Waals surface area contributed by atoms with E-state index in [0.29, 0.717) is 24.5 Å². The van der Waals surface area contributed by atoms with Crippen LogP contribution in [-0.4, -0.2) is 72.4 Å². The maximum atomic E-state index is 13.4. The normalized spacial score (nSPS) is 30.7. The molecule has 1 saturated carbocycles. The van der Waals surface area contributed by atoms with Crippen LogP contribution in [0, 0.1) is 0 Å². The van der Waals surface area contributed by atoms with Gasteiger partial charge in [0.05, 0.1) is 0 Å². The fraction of sp³-hybridized carbons (Fsp3) is 0.800. The summed E-state index contributed by atoms with van der Waals surface area (Å²) in [7, 11) is -1.78. The Hall–Kier alpha value is -1.49. The number of carbonyl (C=O) groups is 1. The first-order valence-electron chi connectivity index (χ1n) is 11.2. The van der Waals surface area contributed by atoms with Gasteiger partial charge < -0.3 is 15.2 Å². The summed E-state index contributed by atoms with van der Waals surface area (Å²) in [5, 5.41) is 10.3. The SMILES string of the molecule is CN(C1CCNCC1)S(=O)(=O)N1[C@@H]2CC[C@H]1CC(NC(=O)c1cc(C3CC3)on1)C2. The Morgan fingerprint density at radius 3 is 2.47 bits per heavy atom. The number of aromatic nitrogens is 1. The van der Waals surface area contributed by atoms with Gasteiger partial charge in [-0.05, 0) is 64.5 Å². The smallest absolute Gasteiger partial charge is 0.282 e. The second kappa shape index (κ2) is 7.89. The van der Waals surface area contributed by atoms with Crippen LogP contribution in [-0.2, 0) is 10.2 Å². The molecule has 9 nitrogen and oxygen atoms in total. The van der Waals surface area contributed by atoms with Crippen LogP contribution < -0.4 is 10.6 Å². The number of hydrogen-bond donors (Lipinski definition) is 2. The molecule has 0 spiro atoms. The van der Waals surface area contributed by atoms with Crippen LogP contribution in [0.25, 0.3) is 0 Å². The highest BCUT2D eigenvalue weighted by atomic mass is 32.2. The van der Waals surface area contributed by atoms with Gasteiger partial charge in [0.15, 0.2) is 5.69 Å². The Bertz CT molecular complexity index is 879. The maximum Gasteiger partial charge on any atom is 0.282 e. The number of piperidine rings is 2. The quantitative estimate of drug-likeness (QED) is 0.693. The highest BCUT2D eigenvalue weighted by Gasteiger charge is 2.49. The summed E-state index contributed by atoms with van der Waals surface area (Å²) in [6, 6.07) is 1.66. The largest absolute Gasteiger partial charge is 0.360 e. The first-order chi connectivity index (χ1) is 14.4. The van der Waals surface area contributed by atoms with Crippen molar-refractivity contribution in [2.45, 2.75) is 81.5 Å². The van der Waals surface area contributed by atoms with Gasteiger partial charge in [-0.25, -0.2) is 0 Å². The molecule has 3 atom stereocenters. The van der Waals surface area contributed by atoms with Crippen molar-refractivity contribution in [3.63, 3.8) is 0 Å². The topological polar surface area (TPSA) is 108 Å². The second-order valence-electron chi connectivity index (χ2n) is 9.25. The summed E-state index contributed by atoms with van der Waals surface area (Å²) >= 11 is 0. The second-order valence-corrected chi connectivity index (χ2v) is 11.1. The number of nitrogens with one attached hydrogen (secondary N) is 2. The van der Waals surface area contributed by atoms with E-state index in [1.165, 1.54) is 0 Å². The summed E-state index contributed by atoms with van der Waals surface area (Å²) in [6.07, 6.45) is 6.88. The summed E-state index contributed by atoms with van der Waals surface area (Å²) in [5.41, 5.74) is 0.324. The van der Waals surface area contributed by atoms with E-state index in [1.807, 2.05) is 0 Å². The minimum atomic E-state index is -3.50. The predicted octanol–water partition coefficient (Wildman–Crippen LogP) is 1.21. The molecule has 0 radical (unpaired) electrons. The van der Waals surface area contributed by atoms with Crippen molar-refractivity contribution in [1.29, 1.82) is 0 Å². The molecule has 1 amide bonds. The lowest BCUT2D eigenvalue weighted by atomic mass is 9.99. The van der Waals surface area contributed by atoms with E-state index in [2.05, 4.69) is 15.8 Å². The number of amides is 1. The molecule has 4 aliphatic rings. The molecule has 1 unspecified atom stereocenters. The zero-order chi connectivity index (χ0) is 20.9. The summed E-state index contributed by atoms with van der Waals surface area (Å²) in [5.74, 6) is 0.987. The van der Waals surface area contributed by atoms with Crippen LogP contribution in [0.2, 0.25) is 0 Å². The number of carbonyl (C=O) groups excluding carboxylic acids is 1. The Balaban J connectivity index is 1.23. The van der Waals surface area contributed by atoms with Gasteiger partial charge in [0, 0.05) is 43.2 Å². The zero-order valence-corrected chi connectivity index (χ0v) is 18.2. The molecular weight excluding hydrogens is 406 g/mol. The minimum absolute atomic E-state index is 0.0355. The molecule has 1 aromatic heterocycles. The molecule has 2 N–H and O–H groups in total. The predicted molar refractivity (Wildman–Crippen MR) is 110 cm³/mol. The average molecular weight is 438 g/mol.